The van der Waals surface area contributed by atoms with Gasteiger partial charge in [-0.15, -0.1) is 0 Å². The van der Waals surface area contributed by atoms with Gasteiger partial charge in [0.1, 0.15) is 5.75 Å². The van der Waals surface area contributed by atoms with Gasteiger partial charge in [-0.25, -0.2) is 8.42 Å². The van der Waals surface area contributed by atoms with Gasteiger partial charge in [0, 0.05) is 5.69 Å². The molecule has 1 aromatic rings. The van der Waals surface area contributed by atoms with Crippen LogP contribution < -0.4 is 5.32 Å². The highest BCUT2D eigenvalue weighted by molar-refractivity contribution is 7.93. The van der Waals surface area contributed by atoms with Gasteiger partial charge in [-0.05, 0) is 30.5 Å². The lowest BCUT2D eigenvalue weighted by molar-refractivity contribution is -0.137. The lowest BCUT2D eigenvalue weighted by atomic mass is 10.1. The van der Waals surface area contributed by atoms with Crippen LogP contribution in [-0.2, 0) is 19.4 Å². The minimum Gasteiger partial charge on any atom is -0.480 e. The normalized spacial score (nSPS) is 13.0. The van der Waals surface area contributed by atoms with Crippen molar-refractivity contribution in [2.75, 3.05) is 11.1 Å². The van der Waals surface area contributed by atoms with Gasteiger partial charge in [0.2, 0.25) is 5.91 Å². The highest BCUT2D eigenvalue weighted by Gasteiger charge is 2.36. The number of hydrogen-bond donors (Lipinski definition) is 2. The molecule has 0 aliphatic carbocycles. The van der Waals surface area contributed by atoms with Gasteiger partial charge < -0.3 is 10.4 Å². The zero-order chi connectivity index (χ0) is 16.2. The molecule has 0 heterocycles. The Morgan fingerprint density at radius 3 is 2.38 bits per heavy atom. The number of anilines is 1. The van der Waals surface area contributed by atoms with E-state index in [1.165, 1.54) is 13.8 Å². The van der Waals surface area contributed by atoms with Crippen molar-refractivity contribution in [3.8, 4) is 0 Å². The molecule has 0 saturated carbocycles. The molecule has 0 saturated heterocycles. The van der Waals surface area contributed by atoms with Gasteiger partial charge in [-0.3, -0.25) is 9.59 Å². The van der Waals surface area contributed by atoms with Gasteiger partial charge >= 0.3 is 5.97 Å². The molecule has 6 nitrogen and oxygen atoms in total. The molecule has 0 bridgehead atoms. The number of carboxylic acids is 1. The van der Waals surface area contributed by atoms with Crippen LogP contribution in [0.2, 0.25) is 0 Å². The van der Waals surface area contributed by atoms with Gasteiger partial charge in [-0.1, -0.05) is 26.0 Å². The number of aryl methyl sites for hydroxylation is 1. The monoisotopic (exact) mass is 313 g/mol. The Kier molecular flexibility index (Phi) is 5.48. The summed E-state index contributed by atoms with van der Waals surface area (Å²) in [5.41, 5.74) is 1.40. The third-order valence-corrected chi connectivity index (χ3v) is 5.05. The Bertz CT molecular complexity index is 637. The molecular formula is C14H19NO5S. The van der Waals surface area contributed by atoms with Crippen LogP contribution in [0.5, 0.6) is 0 Å². The Morgan fingerprint density at radius 2 is 1.90 bits per heavy atom. The summed E-state index contributed by atoms with van der Waals surface area (Å²) in [5, 5.41) is 9.89. The van der Waals surface area contributed by atoms with Crippen LogP contribution in [0.1, 0.15) is 19.4 Å². The van der Waals surface area contributed by atoms with E-state index in [0.29, 0.717) is 5.69 Å². The average Bonchev–Trinajstić information content (AvgIpc) is 2.25. The topological polar surface area (TPSA) is 101 Å². The molecule has 0 fully saturated rings. The van der Waals surface area contributed by atoms with E-state index in [4.69, 9.17) is 5.11 Å². The van der Waals surface area contributed by atoms with E-state index in [0.717, 1.165) is 5.56 Å². The van der Waals surface area contributed by atoms with Crippen LogP contribution in [-0.4, -0.2) is 36.4 Å². The first-order valence-corrected chi connectivity index (χ1v) is 8.16. The van der Waals surface area contributed by atoms with Crippen LogP contribution in [0.25, 0.3) is 0 Å². The SMILES string of the molecule is Cc1cccc(NC(=O)CS(=O)(=O)C(C(=O)O)C(C)C)c1. The summed E-state index contributed by atoms with van der Waals surface area (Å²) in [7, 11) is -4.06. The van der Waals surface area contributed by atoms with Crippen LogP contribution in [0, 0.1) is 12.8 Å². The minimum absolute atomic E-state index is 0.478. The fraction of sp³-hybridized carbons (Fsp3) is 0.429. The summed E-state index contributed by atoms with van der Waals surface area (Å²) in [4.78, 5) is 22.9. The summed E-state index contributed by atoms with van der Waals surface area (Å²) >= 11 is 0. The van der Waals surface area contributed by atoms with Crippen molar-refractivity contribution in [3.63, 3.8) is 0 Å². The first-order chi connectivity index (χ1) is 9.63. The van der Waals surface area contributed by atoms with Crippen molar-refractivity contribution in [1.29, 1.82) is 0 Å². The molecule has 1 unspecified atom stereocenters. The quantitative estimate of drug-likeness (QED) is 0.828. The number of carboxylic acid groups (broad SMARTS) is 1. The number of sulfone groups is 1. The molecule has 0 aliphatic heterocycles. The second kappa shape index (κ2) is 6.71. The maximum atomic E-state index is 12.0. The first kappa shape index (κ1) is 17.2. The van der Waals surface area contributed by atoms with Crippen LogP contribution in [0.4, 0.5) is 5.69 Å². The smallest absolute Gasteiger partial charge is 0.322 e. The lowest BCUT2D eigenvalue weighted by Gasteiger charge is -2.16. The van der Waals surface area contributed by atoms with Crippen LogP contribution in [0.3, 0.4) is 0 Å². The molecular weight excluding hydrogens is 294 g/mol. The molecule has 1 rings (SSSR count). The van der Waals surface area contributed by atoms with Crippen molar-refractivity contribution < 1.29 is 23.1 Å². The van der Waals surface area contributed by atoms with E-state index in [-0.39, 0.29) is 0 Å². The number of rotatable bonds is 6. The molecule has 0 radical (unpaired) electrons. The molecule has 7 heteroatoms. The van der Waals surface area contributed by atoms with E-state index in [9.17, 15) is 18.0 Å². The number of amides is 1. The molecule has 116 valence electrons. The van der Waals surface area contributed by atoms with Crippen molar-refractivity contribution in [2.45, 2.75) is 26.0 Å². The van der Waals surface area contributed by atoms with Crippen molar-refractivity contribution in [2.24, 2.45) is 5.92 Å². The maximum absolute atomic E-state index is 12.0. The number of hydrogen-bond acceptors (Lipinski definition) is 4. The predicted octanol–water partition coefficient (Wildman–Crippen LogP) is 1.46. The van der Waals surface area contributed by atoms with E-state index >= 15 is 0 Å². The fourth-order valence-electron chi connectivity index (χ4n) is 2.05. The van der Waals surface area contributed by atoms with Crippen molar-refractivity contribution in [1.82, 2.24) is 0 Å². The molecule has 21 heavy (non-hydrogen) atoms. The number of nitrogens with one attached hydrogen (secondary N) is 1. The standard InChI is InChI=1S/C14H19NO5S/c1-9(2)13(14(17)18)21(19,20)8-12(16)15-11-6-4-5-10(3)7-11/h4-7,9,13H,8H2,1-3H3,(H,15,16)(H,17,18). The highest BCUT2D eigenvalue weighted by atomic mass is 32.2. The van der Waals surface area contributed by atoms with Crippen molar-refractivity contribution in [3.05, 3.63) is 29.8 Å². The second-order valence-corrected chi connectivity index (χ2v) is 7.35. The maximum Gasteiger partial charge on any atom is 0.322 e. The zero-order valence-electron chi connectivity index (χ0n) is 12.2. The number of carbonyl (C=O) groups excluding carboxylic acids is 1. The van der Waals surface area contributed by atoms with Crippen LogP contribution in [0.15, 0.2) is 24.3 Å². The summed E-state index contributed by atoms with van der Waals surface area (Å²) < 4.78 is 24.1. The third-order valence-electron chi connectivity index (χ3n) is 2.87. The van der Waals surface area contributed by atoms with E-state index in [1.54, 1.807) is 18.2 Å². The lowest BCUT2D eigenvalue weighted by Crippen LogP contribution is -2.39. The Balaban J connectivity index is 2.84. The summed E-state index contributed by atoms with van der Waals surface area (Å²) in [6.45, 7) is 4.83. The van der Waals surface area contributed by atoms with Gasteiger partial charge in [-0.2, -0.15) is 0 Å². The average molecular weight is 313 g/mol. The first-order valence-electron chi connectivity index (χ1n) is 6.44. The molecule has 1 amide bonds. The second-order valence-electron chi connectivity index (χ2n) is 5.23. The minimum atomic E-state index is -4.06. The fourth-order valence-corrected chi connectivity index (χ4v) is 3.80. The Labute approximate surface area is 124 Å². The van der Waals surface area contributed by atoms with Crippen LogP contribution >= 0.6 is 0 Å². The summed E-state index contributed by atoms with van der Waals surface area (Å²) in [5.74, 6) is -3.64. The summed E-state index contributed by atoms with van der Waals surface area (Å²) in [6.07, 6.45) is 0. The Hall–Kier alpha value is -1.89. The molecule has 0 aromatic heterocycles. The number of aliphatic carboxylic acids is 1. The molecule has 0 aliphatic rings. The predicted molar refractivity (Wildman–Crippen MR) is 79.9 cm³/mol. The van der Waals surface area contributed by atoms with E-state index in [2.05, 4.69) is 5.32 Å². The van der Waals surface area contributed by atoms with E-state index < -0.39 is 38.6 Å². The highest BCUT2D eigenvalue weighted by Crippen LogP contribution is 2.15. The Morgan fingerprint density at radius 1 is 1.29 bits per heavy atom. The number of benzene rings is 1. The largest absolute Gasteiger partial charge is 0.480 e. The van der Waals surface area contributed by atoms with Gasteiger partial charge in [0.25, 0.3) is 0 Å². The molecule has 1 aromatic carbocycles. The van der Waals surface area contributed by atoms with Gasteiger partial charge in [0.05, 0.1) is 0 Å². The molecule has 1 atom stereocenters. The number of carbonyl (C=O) groups is 2. The third kappa shape index (κ3) is 4.86. The van der Waals surface area contributed by atoms with Gasteiger partial charge in [0.15, 0.2) is 15.1 Å². The van der Waals surface area contributed by atoms with E-state index in [1.807, 2.05) is 13.0 Å². The molecule has 0 spiro atoms. The zero-order valence-corrected chi connectivity index (χ0v) is 13.0. The summed E-state index contributed by atoms with van der Waals surface area (Å²) in [6, 6.07) is 6.90. The molecule has 2 N–H and O–H groups in total. The van der Waals surface area contributed by atoms with Crippen molar-refractivity contribution >= 4 is 27.4 Å².